The molecule has 0 amide bonds. The lowest BCUT2D eigenvalue weighted by molar-refractivity contribution is 0.437. The molecule has 2 nitrogen and oxygen atoms in total. The number of hydrogen-bond acceptors (Lipinski definition) is 1. The Morgan fingerprint density at radius 1 is 0.731 bits per heavy atom. The molecule has 1 rings (SSSR count). The molecule has 2 heteroatoms. The van der Waals surface area contributed by atoms with Crippen LogP contribution in [0.4, 0.5) is 0 Å². The monoisotopic (exact) mass is 362 g/mol. The number of unbranched alkanes of at least 4 members (excludes halogenated alkanes) is 11. The SMILES string of the molecule is CCCCCCCCCCCCC(C)n1ccnc1C(C)CCCCC. The highest BCUT2D eigenvalue weighted by atomic mass is 15.1. The van der Waals surface area contributed by atoms with Crippen molar-refractivity contribution in [2.45, 2.75) is 136 Å². The van der Waals surface area contributed by atoms with E-state index in [4.69, 9.17) is 0 Å². The van der Waals surface area contributed by atoms with Crippen LogP contribution in [0.15, 0.2) is 12.4 Å². The van der Waals surface area contributed by atoms with Gasteiger partial charge in [-0.1, -0.05) is 104 Å². The first-order chi connectivity index (χ1) is 12.7. The molecule has 0 aliphatic heterocycles. The molecule has 152 valence electrons. The second kappa shape index (κ2) is 15.3. The average molecular weight is 363 g/mol. The summed E-state index contributed by atoms with van der Waals surface area (Å²) in [6.07, 6.45) is 24.9. The first-order valence-electron chi connectivity index (χ1n) is 11.7. The number of aromatic nitrogens is 2. The molecule has 0 saturated carbocycles. The van der Waals surface area contributed by atoms with E-state index in [1.54, 1.807) is 0 Å². The van der Waals surface area contributed by atoms with Gasteiger partial charge in [0.15, 0.2) is 0 Å². The van der Waals surface area contributed by atoms with Crippen LogP contribution in [0.3, 0.4) is 0 Å². The molecule has 0 bridgehead atoms. The Hall–Kier alpha value is -0.790. The summed E-state index contributed by atoms with van der Waals surface area (Å²) in [4.78, 5) is 4.68. The zero-order chi connectivity index (χ0) is 19.0. The number of rotatable bonds is 17. The fourth-order valence-corrected chi connectivity index (χ4v) is 3.97. The maximum atomic E-state index is 4.68. The second-order valence-corrected chi connectivity index (χ2v) is 8.41. The highest BCUT2D eigenvalue weighted by molar-refractivity contribution is 5.00. The Balaban J connectivity index is 2.16. The van der Waals surface area contributed by atoms with Crippen LogP contribution in [-0.4, -0.2) is 9.55 Å². The average Bonchev–Trinajstić information content (AvgIpc) is 3.13. The van der Waals surface area contributed by atoms with Gasteiger partial charge in [0.1, 0.15) is 5.82 Å². The van der Waals surface area contributed by atoms with E-state index in [-0.39, 0.29) is 0 Å². The predicted molar refractivity (Wildman–Crippen MR) is 116 cm³/mol. The van der Waals surface area contributed by atoms with Gasteiger partial charge in [-0.15, -0.1) is 0 Å². The zero-order valence-corrected chi connectivity index (χ0v) is 18.3. The Morgan fingerprint density at radius 2 is 1.23 bits per heavy atom. The third kappa shape index (κ3) is 9.78. The zero-order valence-electron chi connectivity index (χ0n) is 18.3. The molecular weight excluding hydrogens is 316 g/mol. The van der Waals surface area contributed by atoms with Crippen molar-refractivity contribution in [3.8, 4) is 0 Å². The van der Waals surface area contributed by atoms with Crippen LogP contribution in [0.2, 0.25) is 0 Å². The molecule has 0 aliphatic carbocycles. The van der Waals surface area contributed by atoms with E-state index in [0.717, 1.165) is 0 Å². The van der Waals surface area contributed by atoms with Crippen LogP contribution in [0.25, 0.3) is 0 Å². The van der Waals surface area contributed by atoms with E-state index in [1.165, 1.54) is 102 Å². The lowest BCUT2D eigenvalue weighted by Crippen LogP contribution is -2.11. The smallest absolute Gasteiger partial charge is 0.111 e. The molecule has 0 aliphatic rings. The summed E-state index contributed by atoms with van der Waals surface area (Å²) >= 11 is 0. The van der Waals surface area contributed by atoms with Crippen LogP contribution in [-0.2, 0) is 0 Å². The van der Waals surface area contributed by atoms with Gasteiger partial charge in [-0.3, -0.25) is 0 Å². The van der Waals surface area contributed by atoms with Crippen molar-refractivity contribution in [3.05, 3.63) is 18.2 Å². The van der Waals surface area contributed by atoms with Crippen molar-refractivity contribution in [1.29, 1.82) is 0 Å². The van der Waals surface area contributed by atoms with Crippen molar-refractivity contribution < 1.29 is 0 Å². The van der Waals surface area contributed by atoms with Gasteiger partial charge in [-0.25, -0.2) is 4.98 Å². The van der Waals surface area contributed by atoms with Gasteiger partial charge in [-0.2, -0.15) is 0 Å². The molecule has 2 atom stereocenters. The van der Waals surface area contributed by atoms with Gasteiger partial charge in [0, 0.05) is 24.4 Å². The predicted octanol–water partition coefficient (Wildman–Crippen LogP) is 8.44. The van der Waals surface area contributed by atoms with E-state index in [0.29, 0.717) is 12.0 Å². The van der Waals surface area contributed by atoms with E-state index >= 15 is 0 Å². The van der Waals surface area contributed by atoms with Crippen LogP contribution >= 0.6 is 0 Å². The molecule has 26 heavy (non-hydrogen) atoms. The number of nitrogens with zero attached hydrogens (tertiary/aromatic N) is 2. The minimum atomic E-state index is 0.590. The van der Waals surface area contributed by atoms with E-state index in [9.17, 15) is 0 Å². The van der Waals surface area contributed by atoms with E-state index in [1.807, 2.05) is 6.20 Å². The Bertz CT molecular complexity index is 424. The summed E-state index contributed by atoms with van der Waals surface area (Å²) in [5, 5.41) is 0. The molecule has 1 heterocycles. The fraction of sp³-hybridized carbons (Fsp3) is 0.875. The Labute approximate surface area is 164 Å². The number of hydrogen-bond donors (Lipinski definition) is 0. The third-order valence-electron chi connectivity index (χ3n) is 5.83. The van der Waals surface area contributed by atoms with Crippen LogP contribution in [0.1, 0.15) is 142 Å². The molecule has 0 saturated heterocycles. The standard InChI is InChI=1S/C24H46N2/c1-5-7-9-10-11-12-13-14-15-17-19-23(4)26-21-20-25-24(26)22(3)18-16-8-6-2/h20-23H,5-19H2,1-4H3. The second-order valence-electron chi connectivity index (χ2n) is 8.41. The normalized spacial score (nSPS) is 13.8. The van der Waals surface area contributed by atoms with Crippen molar-refractivity contribution in [3.63, 3.8) is 0 Å². The Morgan fingerprint density at radius 3 is 1.85 bits per heavy atom. The minimum absolute atomic E-state index is 0.590. The summed E-state index contributed by atoms with van der Waals surface area (Å²) in [6, 6.07) is 0.593. The molecule has 2 unspecified atom stereocenters. The van der Waals surface area contributed by atoms with Gasteiger partial charge in [-0.05, 0) is 19.8 Å². The number of imidazole rings is 1. The molecule has 0 radical (unpaired) electrons. The van der Waals surface area contributed by atoms with E-state index < -0.39 is 0 Å². The summed E-state index contributed by atoms with van der Waals surface area (Å²) in [5.74, 6) is 1.90. The first-order valence-corrected chi connectivity index (χ1v) is 11.7. The molecule has 1 aromatic rings. The molecule has 0 spiro atoms. The van der Waals surface area contributed by atoms with Gasteiger partial charge in [0.25, 0.3) is 0 Å². The van der Waals surface area contributed by atoms with Gasteiger partial charge < -0.3 is 4.57 Å². The molecular formula is C24H46N2. The topological polar surface area (TPSA) is 17.8 Å². The van der Waals surface area contributed by atoms with Crippen LogP contribution in [0, 0.1) is 0 Å². The summed E-state index contributed by atoms with van der Waals surface area (Å²) < 4.78 is 2.45. The highest BCUT2D eigenvalue weighted by Crippen LogP contribution is 2.25. The minimum Gasteiger partial charge on any atom is -0.332 e. The van der Waals surface area contributed by atoms with Crippen molar-refractivity contribution in [2.75, 3.05) is 0 Å². The summed E-state index contributed by atoms with van der Waals surface area (Å²) in [6.45, 7) is 9.29. The van der Waals surface area contributed by atoms with Crippen molar-refractivity contribution in [1.82, 2.24) is 9.55 Å². The van der Waals surface area contributed by atoms with Gasteiger partial charge in [0.2, 0.25) is 0 Å². The van der Waals surface area contributed by atoms with Crippen molar-refractivity contribution in [2.24, 2.45) is 0 Å². The maximum absolute atomic E-state index is 4.68. The first kappa shape index (κ1) is 23.2. The molecule has 0 aromatic carbocycles. The largest absolute Gasteiger partial charge is 0.332 e. The maximum Gasteiger partial charge on any atom is 0.111 e. The quantitative estimate of drug-likeness (QED) is 0.254. The van der Waals surface area contributed by atoms with Gasteiger partial charge >= 0.3 is 0 Å². The fourth-order valence-electron chi connectivity index (χ4n) is 3.97. The molecule has 1 aromatic heterocycles. The summed E-state index contributed by atoms with van der Waals surface area (Å²) in [5.41, 5.74) is 0. The van der Waals surface area contributed by atoms with Crippen LogP contribution < -0.4 is 0 Å². The van der Waals surface area contributed by atoms with Crippen molar-refractivity contribution >= 4 is 0 Å². The summed E-state index contributed by atoms with van der Waals surface area (Å²) in [7, 11) is 0. The molecule has 0 fully saturated rings. The molecule has 0 N–H and O–H groups in total. The third-order valence-corrected chi connectivity index (χ3v) is 5.83. The lowest BCUT2D eigenvalue weighted by atomic mass is 10.0. The Kier molecular flexibility index (Phi) is 13.7. The van der Waals surface area contributed by atoms with E-state index in [2.05, 4.69) is 43.4 Å². The highest BCUT2D eigenvalue weighted by Gasteiger charge is 2.15. The van der Waals surface area contributed by atoms with Crippen LogP contribution in [0.5, 0.6) is 0 Å². The lowest BCUT2D eigenvalue weighted by Gasteiger charge is -2.20. The van der Waals surface area contributed by atoms with Gasteiger partial charge in [0.05, 0.1) is 0 Å².